The molecule has 0 aliphatic carbocycles. The number of carbonyl (C=O) groups is 1. The van der Waals surface area contributed by atoms with Crippen molar-refractivity contribution in [3.8, 4) is 0 Å². The van der Waals surface area contributed by atoms with Gasteiger partial charge in [-0.1, -0.05) is 12.1 Å². The molecule has 5 heteroatoms. The number of benzene rings is 1. The van der Waals surface area contributed by atoms with E-state index in [4.69, 9.17) is 5.11 Å². The molecule has 1 amide bonds. The Morgan fingerprint density at radius 1 is 1.32 bits per heavy atom. The fourth-order valence-corrected chi connectivity index (χ4v) is 1.76. The van der Waals surface area contributed by atoms with Crippen LogP contribution in [-0.2, 0) is 6.61 Å². The molecule has 2 rings (SSSR count). The lowest BCUT2D eigenvalue weighted by atomic mass is 10.2. The molecular formula is C14H14N2O3. The minimum absolute atomic E-state index is 0.0895. The van der Waals surface area contributed by atoms with E-state index in [0.717, 1.165) is 0 Å². The van der Waals surface area contributed by atoms with Gasteiger partial charge in [-0.2, -0.15) is 0 Å². The molecule has 0 saturated carbocycles. The summed E-state index contributed by atoms with van der Waals surface area (Å²) in [5.41, 5.74) is 1.90. The van der Waals surface area contributed by atoms with Gasteiger partial charge >= 0.3 is 0 Å². The number of rotatable bonds is 3. The molecule has 0 aliphatic heterocycles. The van der Waals surface area contributed by atoms with E-state index in [0.29, 0.717) is 22.5 Å². The van der Waals surface area contributed by atoms with Gasteiger partial charge in [0.1, 0.15) is 0 Å². The summed E-state index contributed by atoms with van der Waals surface area (Å²) in [6, 6.07) is 9.75. The number of pyridine rings is 1. The van der Waals surface area contributed by atoms with E-state index in [1.807, 2.05) is 0 Å². The Bertz CT molecular complexity index is 662. The predicted molar refractivity (Wildman–Crippen MR) is 72.1 cm³/mol. The Morgan fingerprint density at radius 2 is 2.11 bits per heavy atom. The molecule has 0 aliphatic rings. The number of aliphatic hydroxyl groups excluding tert-OH is 1. The number of H-pyrrole nitrogens is 1. The number of aryl methyl sites for hydroxylation is 1. The Morgan fingerprint density at radius 3 is 2.79 bits per heavy atom. The number of carbonyl (C=O) groups excluding carboxylic acids is 1. The van der Waals surface area contributed by atoms with Crippen LogP contribution in [0.4, 0.5) is 5.69 Å². The first-order valence-electron chi connectivity index (χ1n) is 5.80. The van der Waals surface area contributed by atoms with Gasteiger partial charge < -0.3 is 15.4 Å². The highest BCUT2D eigenvalue weighted by molar-refractivity contribution is 6.04. The van der Waals surface area contributed by atoms with Gasteiger partial charge in [0.25, 0.3) is 5.91 Å². The summed E-state index contributed by atoms with van der Waals surface area (Å²) in [6.07, 6.45) is 0. The highest BCUT2D eigenvalue weighted by atomic mass is 16.3. The SMILES string of the molecule is Cc1cc(C(=O)Nc2cccc(CO)c2)cc(=O)[nH]1. The van der Waals surface area contributed by atoms with Crippen molar-refractivity contribution < 1.29 is 9.90 Å². The molecule has 2 aromatic rings. The number of anilines is 1. The molecule has 0 radical (unpaired) electrons. The van der Waals surface area contributed by atoms with Crippen LogP contribution in [0.3, 0.4) is 0 Å². The topological polar surface area (TPSA) is 82.2 Å². The monoisotopic (exact) mass is 258 g/mol. The van der Waals surface area contributed by atoms with E-state index in [9.17, 15) is 9.59 Å². The second-order valence-corrected chi connectivity index (χ2v) is 4.23. The van der Waals surface area contributed by atoms with Gasteiger partial charge in [-0.25, -0.2) is 0 Å². The summed E-state index contributed by atoms with van der Waals surface area (Å²) >= 11 is 0. The zero-order valence-electron chi connectivity index (χ0n) is 10.4. The summed E-state index contributed by atoms with van der Waals surface area (Å²) in [6.45, 7) is 1.62. The van der Waals surface area contributed by atoms with E-state index < -0.39 is 0 Å². The maximum Gasteiger partial charge on any atom is 0.255 e. The summed E-state index contributed by atoms with van der Waals surface area (Å²) < 4.78 is 0. The first-order valence-corrected chi connectivity index (χ1v) is 5.80. The van der Waals surface area contributed by atoms with Crippen LogP contribution in [0.15, 0.2) is 41.2 Å². The number of hydrogen-bond acceptors (Lipinski definition) is 3. The van der Waals surface area contributed by atoms with Crippen molar-refractivity contribution in [2.45, 2.75) is 13.5 Å². The number of hydrogen-bond donors (Lipinski definition) is 3. The quantitative estimate of drug-likeness (QED) is 0.778. The third-order valence-corrected chi connectivity index (χ3v) is 2.61. The van der Waals surface area contributed by atoms with Crippen LogP contribution < -0.4 is 10.9 Å². The second-order valence-electron chi connectivity index (χ2n) is 4.23. The van der Waals surface area contributed by atoms with Crippen LogP contribution in [0, 0.1) is 6.92 Å². The fraction of sp³-hybridized carbons (Fsp3) is 0.143. The third-order valence-electron chi connectivity index (χ3n) is 2.61. The lowest BCUT2D eigenvalue weighted by Crippen LogP contribution is -2.16. The molecule has 0 spiro atoms. The molecular weight excluding hydrogens is 244 g/mol. The first kappa shape index (κ1) is 13.0. The molecule has 1 aromatic carbocycles. The van der Waals surface area contributed by atoms with Gasteiger partial charge in [0, 0.05) is 23.0 Å². The Kier molecular flexibility index (Phi) is 3.77. The van der Waals surface area contributed by atoms with Crippen LogP contribution in [-0.4, -0.2) is 16.0 Å². The van der Waals surface area contributed by atoms with Crippen LogP contribution >= 0.6 is 0 Å². The first-order chi connectivity index (χ1) is 9.08. The summed E-state index contributed by atoms with van der Waals surface area (Å²) in [5.74, 6) is -0.357. The normalized spacial score (nSPS) is 10.2. The highest BCUT2D eigenvalue weighted by Gasteiger charge is 2.07. The van der Waals surface area contributed by atoms with Crippen molar-refractivity contribution in [2.24, 2.45) is 0 Å². The van der Waals surface area contributed by atoms with Gasteiger partial charge in [0.15, 0.2) is 0 Å². The molecule has 98 valence electrons. The largest absolute Gasteiger partial charge is 0.392 e. The third kappa shape index (κ3) is 3.29. The van der Waals surface area contributed by atoms with E-state index in [1.54, 1.807) is 37.3 Å². The fourth-order valence-electron chi connectivity index (χ4n) is 1.76. The molecule has 5 nitrogen and oxygen atoms in total. The zero-order chi connectivity index (χ0) is 13.8. The minimum Gasteiger partial charge on any atom is -0.392 e. The maximum absolute atomic E-state index is 12.0. The molecule has 3 N–H and O–H groups in total. The molecule has 0 saturated heterocycles. The zero-order valence-corrected chi connectivity index (χ0v) is 10.4. The van der Waals surface area contributed by atoms with Crippen molar-refractivity contribution in [2.75, 3.05) is 5.32 Å². The van der Waals surface area contributed by atoms with Gasteiger partial charge in [-0.3, -0.25) is 9.59 Å². The van der Waals surface area contributed by atoms with Crippen molar-refractivity contribution in [1.82, 2.24) is 4.98 Å². The van der Waals surface area contributed by atoms with Crippen molar-refractivity contribution >= 4 is 11.6 Å². The molecule has 0 atom stereocenters. The lowest BCUT2D eigenvalue weighted by Gasteiger charge is -2.06. The van der Waals surface area contributed by atoms with Gasteiger partial charge in [0.2, 0.25) is 5.56 Å². The average Bonchev–Trinajstić information content (AvgIpc) is 2.37. The smallest absolute Gasteiger partial charge is 0.255 e. The Hall–Kier alpha value is -2.40. The van der Waals surface area contributed by atoms with E-state index in [-0.39, 0.29) is 18.1 Å². The predicted octanol–water partition coefficient (Wildman–Crippen LogP) is 1.43. The maximum atomic E-state index is 12.0. The number of aromatic amines is 1. The second kappa shape index (κ2) is 5.49. The molecule has 1 heterocycles. The summed E-state index contributed by atoms with van der Waals surface area (Å²) in [5, 5.41) is 11.7. The van der Waals surface area contributed by atoms with Crippen LogP contribution in [0.25, 0.3) is 0 Å². The standard InChI is InChI=1S/C14H14N2O3/c1-9-5-11(7-13(18)15-9)14(19)16-12-4-2-3-10(6-12)8-17/h2-7,17H,8H2,1H3,(H,15,18)(H,16,19). The van der Waals surface area contributed by atoms with Crippen LogP contribution in [0.1, 0.15) is 21.6 Å². The molecule has 1 aromatic heterocycles. The molecule has 0 bridgehead atoms. The molecule has 0 fully saturated rings. The lowest BCUT2D eigenvalue weighted by molar-refractivity contribution is 0.102. The summed E-state index contributed by atoms with van der Waals surface area (Å²) in [7, 11) is 0. The van der Waals surface area contributed by atoms with E-state index in [2.05, 4.69) is 10.3 Å². The van der Waals surface area contributed by atoms with Crippen molar-refractivity contribution in [3.05, 3.63) is 63.6 Å². The Labute approximate surface area is 109 Å². The van der Waals surface area contributed by atoms with Gasteiger partial charge in [-0.05, 0) is 30.7 Å². The Balaban J connectivity index is 2.22. The van der Waals surface area contributed by atoms with Gasteiger partial charge in [-0.15, -0.1) is 0 Å². The minimum atomic E-state index is -0.357. The molecule has 19 heavy (non-hydrogen) atoms. The van der Waals surface area contributed by atoms with Crippen molar-refractivity contribution in [3.63, 3.8) is 0 Å². The van der Waals surface area contributed by atoms with Crippen LogP contribution in [0.2, 0.25) is 0 Å². The van der Waals surface area contributed by atoms with E-state index >= 15 is 0 Å². The van der Waals surface area contributed by atoms with Crippen molar-refractivity contribution in [1.29, 1.82) is 0 Å². The number of amides is 1. The van der Waals surface area contributed by atoms with Crippen LogP contribution in [0.5, 0.6) is 0 Å². The molecule has 0 unspecified atom stereocenters. The van der Waals surface area contributed by atoms with E-state index in [1.165, 1.54) is 6.07 Å². The highest BCUT2D eigenvalue weighted by Crippen LogP contribution is 2.12. The number of aliphatic hydroxyl groups is 1. The average molecular weight is 258 g/mol. The number of aromatic nitrogens is 1. The number of nitrogens with one attached hydrogen (secondary N) is 2. The van der Waals surface area contributed by atoms with Gasteiger partial charge in [0.05, 0.1) is 6.61 Å². The summed E-state index contributed by atoms with van der Waals surface area (Å²) in [4.78, 5) is 25.9.